The molecule has 22 heavy (non-hydrogen) atoms. The van der Waals surface area contributed by atoms with Crippen molar-refractivity contribution in [3.05, 3.63) is 47.4 Å². The molecule has 0 spiro atoms. The fourth-order valence-corrected chi connectivity index (χ4v) is 2.63. The normalized spacial score (nSPS) is 14.5. The third kappa shape index (κ3) is 4.10. The Morgan fingerprint density at radius 3 is 2.50 bits per heavy atom. The molecular weight excluding hydrogens is 316 g/mol. The summed E-state index contributed by atoms with van der Waals surface area (Å²) in [6.07, 6.45) is -4.51. The second-order valence-corrected chi connectivity index (χ2v) is 6.28. The minimum atomic E-state index is -4.51. The van der Waals surface area contributed by atoms with Gasteiger partial charge in [-0.1, -0.05) is 18.7 Å². The average Bonchev–Trinajstić information content (AvgIpc) is 2.43. The molecule has 0 aliphatic carbocycles. The van der Waals surface area contributed by atoms with Crippen LogP contribution in [0.2, 0.25) is 0 Å². The third-order valence-corrected chi connectivity index (χ3v) is 4.79. The predicted molar refractivity (Wildman–Crippen MR) is 83.6 cm³/mol. The molecule has 0 aromatic heterocycles. The molecule has 1 rings (SSSR count). The van der Waals surface area contributed by atoms with Crippen LogP contribution in [-0.4, -0.2) is 23.5 Å². The Bertz CT molecular complexity index is 537. The molecule has 0 amide bonds. The van der Waals surface area contributed by atoms with Gasteiger partial charge in [-0.15, -0.1) is 11.8 Å². The summed E-state index contributed by atoms with van der Waals surface area (Å²) in [5.74, 6) is -0.411. The molecule has 0 aliphatic heterocycles. The van der Waals surface area contributed by atoms with E-state index < -0.39 is 10.9 Å². The van der Waals surface area contributed by atoms with Crippen LogP contribution in [0.15, 0.2) is 35.5 Å². The number of hydrogen-bond acceptors (Lipinski definition) is 3. The monoisotopic (exact) mass is 334 g/mol. The van der Waals surface area contributed by atoms with Crippen LogP contribution in [0.25, 0.3) is 0 Å². The van der Waals surface area contributed by atoms with Crippen LogP contribution in [0.3, 0.4) is 0 Å². The highest BCUT2D eigenvalue weighted by molar-refractivity contribution is 8.00. The molecule has 0 fully saturated rings. The Kier molecular flexibility index (Phi) is 6.19. The minimum absolute atomic E-state index is 0.0294. The van der Waals surface area contributed by atoms with Gasteiger partial charge in [0.05, 0.1) is 5.70 Å². The van der Waals surface area contributed by atoms with Gasteiger partial charge in [-0.2, -0.15) is 13.2 Å². The molecule has 122 valence electrons. The largest absolute Gasteiger partial charge is 0.408 e. The second-order valence-electron chi connectivity index (χ2n) is 4.89. The van der Waals surface area contributed by atoms with Gasteiger partial charge in [0.15, 0.2) is 4.75 Å². The van der Waals surface area contributed by atoms with Crippen molar-refractivity contribution in [3.8, 4) is 0 Å². The van der Waals surface area contributed by atoms with Crippen LogP contribution in [0, 0.1) is 12.7 Å². The number of aryl methyl sites for hydroxylation is 1. The van der Waals surface area contributed by atoms with Gasteiger partial charge in [0.2, 0.25) is 0 Å². The molecule has 0 radical (unpaired) electrons. The fourth-order valence-electron chi connectivity index (χ4n) is 1.74. The van der Waals surface area contributed by atoms with E-state index in [9.17, 15) is 17.6 Å². The Morgan fingerprint density at radius 2 is 2.00 bits per heavy atom. The first-order chi connectivity index (χ1) is 10.1. The molecule has 1 N–H and O–H groups in total. The number of thioether (sulfide) groups is 1. The van der Waals surface area contributed by atoms with Gasteiger partial charge >= 0.3 is 6.18 Å². The molecule has 2 nitrogen and oxygen atoms in total. The third-order valence-electron chi connectivity index (χ3n) is 3.40. The molecule has 1 unspecified atom stereocenters. The molecule has 7 heteroatoms. The Balaban J connectivity index is 2.69. The van der Waals surface area contributed by atoms with Crippen LogP contribution in [-0.2, 0) is 6.54 Å². The van der Waals surface area contributed by atoms with Gasteiger partial charge in [-0.05, 0) is 32.2 Å². The van der Waals surface area contributed by atoms with Crippen molar-refractivity contribution in [2.24, 2.45) is 4.99 Å². The van der Waals surface area contributed by atoms with E-state index in [0.29, 0.717) is 17.3 Å². The molecule has 1 aromatic rings. The lowest BCUT2D eigenvalue weighted by atomic mass is 10.1. The van der Waals surface area contributed by atoms with E-state index in [4.69, 9.17) is 0 Å². The van der Waals surface area contributed by atoms with E-state index in [2.05, 4.69) is 23.6 Å². The van der Waals surface area contributed by atoms with E-state index in [0.717, 1.165) is 12.5 Å². The summed E-state index contributed by atoms with van der Waals surface area (Å²) < 4.78 is 50.9. The maximum atomic E-state index is 13.6. The molecule has 1 atom stereocenters. The summed E-state index contributed by atoms with van der Waals surface area (Å²) in [6.45, 7) is 9.32. The summed E-state index contributed by atoms with van der Waals surface area (Å²) in [4.78, 5) is 3.32. The second kappa shape index (κ2) is 7.28. The SMILES string of the molecule is C=NC(=C)C(C)(SCNCc1c(C)cccc1F)C(F)(F)F. The lowest BCUT2D eigenvalue weighted by Gasteiger charge is -2.31. The number of aliphatic imine (C=N–C) groups is 1. The Labute approximate surface area is 131 Å². The molecule has 1 aromatic carbocycles. The van der Waals surface area contributed by atoms with Gasteiger partial charge in [-0.25, -0.2) is 4.39 Å². The lowest BCUT2D eigenvalue weighted by Crippen LogP contribution is -2.41. The van der Waals surface area contributed by atoms with E-state index in [1.54, 1.807) is 19.1 Å². The summed E-state index contributed by atoms with van der Waals surface area (Å²) in [5.41, 5.74) is 0.833. The molecular formula is C15H18F4N2S. The van der Waals surface area contributed by atoms with Crippen LogP contribution >= 0.6 is 11.8 Å². The quantitative estimate of drug-likeness (QED) is 0.345. The number of nitrogens with one attached hydrogen (secondary N) is 1. The number of nitrogens with zero attached hydrogens (tertiary/aromatic N) is 1. The Morgan fingerprint density at radius 1 is 1.36 bits per heavy atom. The van der Waals surface area contributed by atoms with Gasteiger partial charge in [0.25, 0.3) is 0 Å². The summed E-state index contributed by atoms with van der Waals surface area (Å²) in [6, 6.07) is 4.65. The average molecular weight is 334 g/mol. The maximum Gasteiger partial charge on any atom is 0.408 e. The molecule has 0 bridgehead atoms. The highest BCUT2D eigenvalue weighted by Crippen LogP contribution is 2.45. The number of rotatable bonds is 7. The zero-order chi connectivity index (χ0) is 17.0. The van der Waals surface area contributed by atoms with Gasteiger partial charge in [0, 0.05) is 18.0 Å². The minimum Gasteiger partial charge on any atom is -0.304 e. The predicted octanol–water partition coefficient (Wildman–Crippen LogP) is 4.45. The number of halogens is 4. The first kappa shape index (κ1) is 18.7. The molecule has 0 saturated carbocycles. The zero-order valence-electron chi connectivity index (χ0n) is 12.4. The summed E-state index contributed by atoms with van der Waals surface area (Å²) in [5, 5.41) is 2.81. The summed E-state index contributed by atoms with van der Waals surface area (Å²) >= 11 is 0.603. The van der Waals surface area contributed by atoms with Crippen molar-refractivity contribution in [1.29, 1.82) is 0 Å². The van der Waals surface area contributed by atoms with Crippen molar-refractivity contribution in [2.75, 3.05) is 5.88 Å². The highest BCUT2D eigenvalue weighted by Gasteiger charge is 2.53. The van der Waals surface area contributed by atoms with Crippen LogP contribution in [0.4, 0.5) is 17.6 Å². The number of benzene rings is 1. The van der Waals surface area contributed by atoms with E-state index >= 15 is 0 Å². The fraction of sp³-hybridized carbons (Fsp3) is 0.400. The number of hydrogen-bond donors (Lipinski definition) is 1. The standard InChI is InChI=1S/C15H18F4N2S/c1-10-6-5-7-13(16)12(10)8-21-9-22-14(3,11(2)20-4)15(17,18)19/h5-7,21H,2,4,8-9H2,1,3H3. The number of alkyl halides is 3. The smallest absolute Gasteiger partial charge is 0.304 e. The highest BCUT2D eigenvalue weighted by atomic mass is 32.2. The van der Waals surface area contributed by atoms with Gasteiger partial charge < -0.3 is 5.32 Å². The van der Waals surface area contributed by atoms with Gasteiger partial charge in [-0.3, -0.25) is 4.99 Å². The topological polar surface area (TPSA) is 24.4 Å². The van der Waals surface area contributed by atoms with E-state index in [-0.39, 0.29) is 23.9 Å². The first-order valence-electron chi connectivity index (χ1n) is 6.45. The van der Waals surface area contributed by atoms with Crippen LogP contribution in [0.1, 0.15) is 18.1 Å². The van der Waals surface area contributed by atoms with E-state index in [1.165, 1.54) is 6.07 Å². The van der Waals surface area contributed by atoms with Crippen molar-refractivity contribution in [1.82, 2.24) is 5.32 Å². The van der Waals surface area contributed by atoms with Gasteiger partial charge in [0.1, 0.15) is 5.82 Å². The molecule has 0 heterocycles. The lowest BCUT2D eigenvalue weighted by molar-refractivity contribution is -0.146. The van der Waals surface area contributed by atoms with Crippen LogP contribution < -0.4 is 5.32 Å². The van der Waals surface area contributed by atoms with Crippen molar-refractivity contribution < 1.29 is 17.6 Å². The maximum absolute atomic E-state index is 13.6. The van der Waals surface area contributed by atoms with Crippen molar-refractivity contribution >= 4 is 18.5 Å². The van der Waals surface area contributed by atoms with Crippen LogP contribution in [0.5, 0.6) is 0 Å². The zero-order valence-corrected chi connectivity index (χ0v) is 13.2. The van der Waals surface area contributed by atoms with E-state index in [1.807, 2.05) is 0 Å². The molecule has 0 aliphatic rings. The van der Waals surface area contributed by atoms with Crippen molar-refractivity contribution in [2.45, 2.75) is 31.3 Å². The Hall–Kier alpha value is -1.34. The molecule has 0 saturated heterocycles. The summed E-state index contributed by atoms with van der Waals surface area (Å²) in [7, 11) is 0. The first-order valence-corrected chi connectivity index (χ1v) is 7.43. The van der Waals surface area contributed by atoms with Crippen molar-refractivity contribution in [3.63, 3.8) is 0 Å².